The summed E-state index contributed by atoms with van der Waals surface area (Å²) in [5.41, 5.74) is 4.27. The number of aldehydes is 2. The Balaban J connectivity index is 0.000000211. The fourth-order valence-corrected chi connectivity index (χ4v) is 2.11. The van der Waals surface area contributed by atoms with Crippen LogP contribution in [0.4, 0.5) is 0 Å². The molecule has 0 aromatic heterocycles. The molecule has 0 saturated carbocycles. The van der Waals surface area contributed by atoms with Crippen LogP contribution in [0.3, 0.4) is 0 Å². The maximum atomic E-state index is 10.3. The molecule has 2 rings (SSSR count). The first kappa shape index (κ1) is 16.8. The van der Waals surface area contributed by atoms with E-state index >= 15 is 0 Å². The molecule has 0 aliphatic rings. The number of carbonyl (C=O) groups is 2. The van der Waals surface area contributed by atoms with Crippen molar-refractivity contribution < 1.29 is 9.59 Å². The van der Waals surface area contributed by atoms with Crippen molar-refractivity contribution in [2.45, 2.75) is 27.2 Å². The molecule has 0 saturated heterocycles. The van der Waals surface area contributed by atoms with Gasteiger partial charge in [-0.15, -0.1) is 0 Å². The SMILES string of the molecule is CC(C=O)Cc1ccccc1.Cc1cc(C)cc(C=O)c1. The predicted molar refractivity (Wildman–Crippen MR) is 86.7 cm³/mol. The molecule has 0 spiro atoms. The lowest BCUT2D eigenvalue weighted by Gasteiger charge is -2.01. The second kappa shape index (κ2) is 8.85. The number of rotatable bonds is 4. The van der Waals surface area contributed by atoms with Gasteiger partial charge in [0, 0.05) is 11.5 Å². The van der Waals surface area contributed by atoms with Crippen LogP contribution in [-0.4, -0.2) is 12.6 Å². The molecule has 2 nitrogen and oxygen atoms in total. The van der Waals surface area contributed by atoms with Gasteiger partial charge in [-0.1, -0.05) is 54.4 Å². The molecule has 1 unspecified atom stereocenters. The van der Waals surface area contributed by atoms with E-state index in [0.717, 1.165) is 35.7 Å². The Kier molecular flexibility index (Phi) is 7.10. The van der Waals surface area contributed by atoms with Crippen LogP contribution in [0, 0.1) is 19.8 Å². The maximum absolute atomic E-state index is 10.3. The van der Waals surface area contributed by atoms with Crippen LogP contribution in [0.1, 0.15) is 34.0 Å². The highest BCUT2D eigenvalue weighted by atomic mass is 16.1. The summed E-state index contributed by atoms with van der Waals surface area (Å²) in [6.45, 7) is 5.90. The third-order valence-electron chi connectivity index (χ3n) is 3.01. The van der Waals surface area contributed by atoms with Gasteiger partial charge in [0.05, 0.1) is 0 Å². The highest BCUT2D eigenvalue weighted by molar-refractivity contribution is 5.75. The summed E-state index contributed by atoms with van der Waals surface area (Å²) in [4.78, 5) is 20.6. The van der Waals surface area contributed by atoms with E-state index in [0.29, 0.717) is 0 Å². The zero-order valence-electron chi connectivity index (χ0n) is 12.9. The first-order valence-electron chi connectivity index (χ1n) is 7.08. The molecule has 110 valence electrons. The standard InChI is InChI=1S/C10H12O.C9H10O/c1-9(8-11)7-10-5-3-2-4-6-10;1-7-3-8(2)5-9(4-7)6-10/h2-6,8-9H,7H2,1H3;3-6H,1-2H3. The molecule has 1 atom stereocenters. The Morgan fingerprint density at radius 2 is 1.52 bits per heavy atom. The van der Waals surface area contributed by atoms with Crippen molar-refractivity contribution in [2.75, 3.05) is 0 Å². The quantitative estimate of drug-likeness (QED) is 0.788. The molecule has 0 amide bonds. The van der Waals surface area contributed by atoms with Gasteiger partial charge in [-0.3, -0.25) is 4.79 Å². The van der Waals surface area contributed by atoms with Gasteiger partial charge in [0.2, 0.25) is 0 Å². The van der Waals surface area contributed by atoms with Crippen LogP contribution >= 0.6 is 0 Å². The van der Waals surface area contributed by atoms with E-state index in [-0.39, 0.29) is 5.92 Å². The Labute approximate surface area is 126 Å². The molecule has 0 bridgehead atoms. The topological polar surface area (TPSA) is 34.1 Å². The van der Waals surface area contributed by atoms with Crippen molar-refractivity contribution in [1.82, 2.24) is 0 Å². The minimum Gasteiger partial charge on any atom is -0.303 e. The van der Waals surface area contributed by atoms with Crippen LogP contribution < -0.4 is 0 Å². The predicted octanol–water partition coefficient (Wildman–Crippen LogP) is 4.18. The number of hydrogen-bond acceptors (Lipinski definition) is 2. The molecule has 0 aliphatic carbocycles. The Bertz CT molecular complexity index is 553. The molecule has 2 heteroatoms. The molecular formula is C19H22O2. The first-order chi connectivity index (χ1) is 10.0. The van der Waals surface area contributed by atoms with E-state index in [2.05, 4.69) is 0 Å². The zero-order valence-corrected chi connectivity index (χ0v) is 12.9. The zero-order chi connectivity index (χ0) is 15.7. The van der Waals surface area contributed by atoms with E-state index in [1.165, 1.54) is 5.56 Å². The second-order valence-electron chi connectivity index (χ2n) is 5.34. The smallest absolute Gasteiger partial charge is 0.150 e. The molecule has 0 N–H and O–H groups in total. The van der Waals surface area contributed by atoms with Crippen molar-refractivity contribution >= 4 is 12.6 Å². The molecule has 2 aromatic carbocycles. The maximum Gasteiger partial charge on any atom is 0.150 e. The molecular weight excluding hydrogens is 260 g/mol. The summed E-state index contributed by atoms with van der Waals surface area (Å²) >= 11 is 0. The van der Waals surface area contributed by atoms with Gasteiger partial charge in [0.1, 0.15) is 12.6 Å². The van der Waals surface area contributed by atoms with Gasteiger partial charge in [-0.05, 0) is 38.0 Å². The van der Waals surface area contributed by atoms with Gasteiger partial charge in [0.25, 0.3) is 0 Å². The normalized spacial score (nSPS) is 11.0. The average molecular weight is 282 g/mol. The molecule has 0 heterocycles. The number of aryl methyl sites for hydroxylation is 2. The Morgan fingerprint density at radius 1 is 0.952 bits per heavy atom. The van der Waals surface area contributed by atoms with Crippen LogP contribution in [-0.2, 0) is 11.2 Å². The first-order valence-corrected chi connectivity index (χ1v) is 7.08. The summed E-state index contributed by atoms with van der Waals surface area (Å²) < 4.78 is 0. The van der Waals surface area contributed by atoms with Gasteiger partial charge >= 0.3 is 0 Å². The van der Waals surface area contributed by atoms with E-state index < -0.39 is 0 Å². The lowest BCUT2D eigenvalue weighted by molar-refractivity contribution is -0.110. The highest BCUT2D eigenvalue weighted by Crippen LogP contribution is 2.06. The monoisotopic (exact) mass is 282 g/mol. The summed E-state index contributed by atoms with van der Waals surface area (Å²) in [5, 5.41) is 0. The van der Waals surface area contributed by atoms with Gasteiger partial charge in [-0.2, -0.15) is 0 Å². The van der Waals surface area contributed by atoms with Crippen LogP contribution in [0.25, 0.3) is 0 Å². The second-order valence-corrected chi connectivity index (χ2v) is 5.34. The van der Waals surface area contributed by atoms with E-state index in [1.807, 2.05) is 69.3 Å². The van der Waals surface area contributed by atoms with Crippen LogP contribution in [0.5, 0.6) is 0 Å². The molecule has 2 aromatic rings. The van der Waals surface area contributed by atoms with Crippen molar-refractivity contribution in [1.29, 1.82) is 0 Å². The lowest BCUT2D eigenvalue weighted by atomic mass is 10.0. The molecule has 21 heavy (non-hydrogen) atoms. The van der Waals surface area contributed by atoms with Gasteiger partial charge in [-0.25, -0.2) is 0 Å². The average Bonchev–Trinajstić information content (AvgIpc) is 2.47. The van der Waals surface area contributed by atoms with E-state index in [4.69, 9.17) is 0 Å². The van der Waals surface area contributed by atoms with Crippen molar-refractivity contribution in [3.63, 3.8) is 0 Å². The fraction of sp³-hybridized carbons (Fsp3) is 0.263. The van der Waals surface area contributed by atoms with Crippen molar-refractivity contribution in [3.05, 3.63) is 70.8 Å². The van der Waals surface area contributed by atoms with Crippen molar-refractivity contribution in [2.24, 2.45) is 5.92 Å². The lowest BCUT2D eigenvalue weighted by Crippen LogP contribution is -1.99. The third-order valence-corrected chi connectivity index (χ3v) is 3.01. The molecule has 0 aliphatic heterocycles. The number of benzene rings is 2. The van der Waals surface area contributed by atoms with Gasteiger partial charge in [0.15, 0.2) is 0 Å². The Hall–Kier alpha value is -2.22. The largest absolute Gasteiger partial charge is 0.303 e. The van der Waals surface area contributed by atoms with Crippen molar-refractivity contribution in [3.8, 4) is 0 Å². The highest BCUT2D eigenvalue weighted by Gasteiger charge is 1.99. The summed E-state index contributed by atoms with van der Waals surface area (Å²) in [7, 11) is 0. The molecule has 0 radical (unpaired) electrons. The Morgan fingerprint density at radius 3 is 2.00 bits per heavy atom. The van der Waals surface area contributed by atoms with E-state index in [9.17, 15) is 9.59 Å². The minimum absolute atomic E-state index is 0.136. The van der Waals surface area contributed by atoms with E-state index in [1.54, 1.807) is 0 Å². The summed E-state index contributed by atoms with van der Waals surface area (Å²) in [6.07, 6.45) is 2.72. The minimum atomic E-state index is 0.136. The summed E-state index contributed by atoms with van der Waals surface area (Å²) in [6, 6.07) is 15.8. The van der Waals surface area contributed by atoms with Gasteiger partial charge < -0.3 is 4.79 Å². The fourth-order valence-electron chi connectivity index (χ4n) is 2.11. The number of carbonyl (C=O) groups excluding carboxylic acids is 2. The number of hydrogen-bond donors (Lipinski definition) is 0. The van der Waals surface area contributed by atoms with Crippen LogP contribution in [0.2, 0.25) is 0 Å². The molecule has 0 fully saturated rings. The third kappa shape index (κ3) is 6.66. The summed E-state index contributed by atoms with van der Waals surface area (Å²) in [5.74, 6) is 0.136. The van der Waals surface area contributed by atoms with Crippen LogP contribution in [0.15, 0.2) is 48.5 Å².